The molecule has 0 aliphatic carbocycles. The fraction of sp³-hybridized carbons (Fsp3) is 0.133. The molecule has 3 aromatic rings. The first-order chi connectivity index (χ1) is 10.2. The van der Waals surface area contributed by atoms with Crippen molar-refractivity contribution in [3.63, 3.8) is 0 Å². The van der Waals surface area contributed by atoms with Crippen molar-refractivity contribution < 1.29 is 14.4 Å². The molecule has 2 aromatic carbocycles. The van der Waals surface area contributed by atoms with Gasteiger partial charge in [0.2, 0.25) is 0 Å². The van der Waals surface area contributed by atoms with E-state index in [1.54, 1.807) is 42.7 Å². The van der Waals surface area contributed by atoms with Crippen LogP contribution in [-0.2, 0) is 7.05 Å². The molecular formula is C15H14N3O2S+. The third-order valence-corrected chi connectivity index (χ3v) is 4.20. The second-order valence-electron chi connectivity index (χ2n) is 4.49. The maximum atomic E-state index is 9.24. The molecule has 106 valence electrons. The zero-order chi connectivity index (χ0) is 14.8. The Bertz CT molecular complexity index is 810. The van der Waals surface area contributed by atoms with Crippen LogP contribution in [0, 0.1) is 0 Å². The number of fused-ring (bicyclic) bond motifs is 1. The molecule has 0 bridgehead atoms. The van der Waals surface area contributed by atoms with Crippen LogP contribution in [0.2, 0.25) is 0 Å². The van der Waals surface area contributed by atoms with E-state index in [0.717, 1.165) is 21.1 Å². The first kappa shape index (κ1) is 13.5. The standard InChI is InChI=1S/C15H13N3O2S/c1-18-13-8-7-12(20-2)9-14(13)21-15(18)17-16-10-3-5-11(19)6-4-10/h3-9H,1-2H3/p+1. The summed E-state index contributed by atoms with van der Waals surface area (Å²) in [5.41, 5.74) is 1.78. The Balaban J connectivity index is 1.96. The van der Waals surface area contributed by atoms with Gasteiger partial charge in [-0.25, -0.2) is 4.57 Å². The van der Waals surface area contributed by atoms with Gasteiger partial charge in [0.25, 0.3) is 0 Å². The number of aryl methyl sites for hydroxylation is 1. The van der Waals surface area contributed by atoms with E-state index in [9.17, 15) is 5.11 Å². The van der Waals surface area contributed by atoms with Crippen LogP contribution in [0.1, 0.15) is 0 Å². The van der Waals surface area contributed by atoms with Crippen LogP contribution in [0.3, 0.4) is 0 Å². The van der Waals surface area contributed by atoms with Crippen LogP contribution >= 0.6 is 11.3 Å². The summed E-state index contributed by atoms with van der Waals surface area (Å²) in [7, 11) is 3.61. The lowest BCUT2D eigenvalue weighted by molar-refractivity contribution is -0.627. The molecule has 21 heavy (non-hydrogen) atoms. The molecule has 0 amide bonds. The number of phenols is 1. The molecule has 1 aromatic heterocycles. The van der Waals surface area contributed by atoms with Gasteiger partial charge in [0, 0.05) is 6.07 Å². The summed E-state index contributed by atoms with van der Waals surface area (Å²) in [6, 6.07) is 12.5. The third kappa shape index (κ3) is 2.71. The van der Waals surface area contributed by atoms with Crippen molar-refractivity contribution in [3.05, 3.63) is 42.5 Å². The summed E-state index contributed by atoms with van der Waals surface area (Å²) in [5.74, 6) is 1.04. The van der Waals surface area contributed by atoms with Gasteiger partial charge < -0.3 is 9.84 Å². The minimum Gasteiger partial charge on any atom is -0.508 e. The zero-order valence-electron chi connectivity index (χ0n) is 11.6. The summed E-state index contributed by atoms with van der Waals surface area (Å²) in [6.07, 6.45) is 0. The van der Waals surface area contributed by atoms with Crippen molar-refractivity contribution in [2.24, 2.45) is 17.3 Å². The summed E-state index contributed by atoms with van der Waals surface area (Å²) < 4.78 is 8.32. The number of hydrogen-bond donors (Lipinski definition) is 1. The van der Waals surface area contributed by atoms with Crippen molar-refractivity contribution in [3.8, 4) is 11.5 Å². The fourth-order valence-electron chi connectivity index (χ4n) is 1.96. The molecule has 0 aliphatic heterocycles. The minimum absolute atomic E-state index is 0.216. The van der Waals surface area contributed by atoms with E-state index in [0.29, 0.717) is 5.69 Å². The topological polar surface area (TPSA) is 58.1 Å². The van der Waals surface area contributed by atoms with Gasteiger partial charge in [-0.15, -0.1) is 0 Å². The molecule has 0 aliphatic rings. The zero-order valence-corrected chi connectivity index (χ0v) is 12.5. The number of nitrogens with zero attached hydrogens (tertiary/aromatic N) is 3. The highest BCUT2D eigenvalue weighted by Gasteiger charge is 2.16. The van der Waals surface area contributed by atoms with E-state index in [-0.39, 0.29) is 5.75 Å². The van der Waals surface area contributed by atoms with E-state index >= 15 is 0 Å². The Labute approximate surface area is 125 Å². The average Bonchev–Trinajstić information content (AvgIpc) is 2.82. The van der Waals surface area contributed by atoms with Crippen molar-refractivity contribution in [1.29, 1.82) is 0 Å². The van der Waals surface area contributed by atoms with Crippen LogP contribution in [0.4, 0.5) is 10.8 Å². The Morgan fingerprint density at radius 1 is 1.10 bits per heavy atom. The highest BCUT2D eigenvalue weighted by Crippen LogP contribution is 2.30. The molecule has 0 spiro atoms. The number of thiazole rings is 1. The number of azo groups is 1. The Morgan fingerprint density at radius 3 is 2.57 bits per heavy atom. The molecule has 0 unspecified atom stereocenters. The van der Waals surface area contributed by atoms with Gasteiger partial charge in [-0.05, 0) is 52.8 Å². The number of benzene rings is 2. The van der Waals surface area contributed by atoms with E-state index in [4.69, 9.17) is 4.74 Å². The molecule has 1 N–H and O–H groups in total. The first-order valence-corrected chi connectivity index (χ1v) is 7.16. The molecule has 5 nitrogen and oxygen atoms in total. The molecule has 1 heterocycles. The summed E-state index contributed by atoms with van der Waals surface area (Å²) in [6.45, 7) is 0. The maximum Gasteiger partial charge on any atom is 0.409 e. The predicted octanol–water partition coefficient (Wildman–Crippen LogP) is 3.86. The fourth-order valence-corrected chi connectivity index (χ4v) is 2.96. The third-order valence-electron chi connectivity index (χ3n) is 3.12. The van der Waals surface area contributed by atoms with Crippen LogP contribution in [0.25, 0.3) is 10.2 Å². The normalized spacial score (nSPS) is 11.3. The lowest BCUT2D eigenvalue weighted by atomic mass is 10.3. The van der Waals surface area contributed by atoms with E-state index < -0.39 is 0 Å². The Morgan fingerprint density at radius 2 is 1.86 bits per heavy atom. The van der Waals surface area contributed by atoms with Crippen LogP contribution in [0.5, 0.6) is 11.5 Å². The average molecular weight is 300 g/mol. The molecule has 0 fully saturated rings. The number of aromatic nitrogens is 1. The predicted molar refractivity (Wildman–Crippen MR) is 81.8 cm³/mol. The van der Waals surface area contributed by atoms with Gasteiger partial charge in [0.15, 0.2) is 0 Å². The van der Waals surface area contributed by atoms with E-state index in [2.05, 4.69) is 10.2 Å². The highest BCUT2D eigenvalue weighted by atomic mass is 32.1. The lowest BCUT2D eigenvalue weighted by Gasteiger charge is -1.96. The van der Waals surface area contributed by atoms with Crippen LogP contribution in [0.15, 0.2) is 52.7 Å². The molecule has 6 heteroatoms. The minimum atomic E-state index is 0.216. The molecule has 0 radical (unpaired) electrons. The molecule has 3 rings (SSSR count). The van der Waals surface area contributed by atoms with E-state index in [1.165, 1.54) is 0 Å². The van der Waals surface area contributed by atoms with Gasteiger partial charge in [0.05, 0.1) is 24.0 Å². The van der Waals surface area contributed by atoms with E-state index in [1.807, 2.05) is 29.8 Å². The number of rotatable bonds is 3. The van der Waals surface area contributed by atoms with Crippen molar-refractivity contribution in [2.75, 3.05) is 7.11 Å². The molecular weight excluding hydrogens is 286 g/mol. The smallest absolute Gasteiger partial charge is 0.409 e. The van der Waals surface area contributed by atoms with Crippen LogP contribution in [-0.4, -0.2) is 12.2 Å². The summed E-state index contributed by atoms with van der Waals surface area (Å²) >= 11 is 1.55. The number of hydrogen-bond acceptors (Lipinski definition) is 5. The van der Waals surface area contributed by atoms with Gasteiger partial charge in [0.1, 0.15) is 22.7 Å². The number of methoxy groups -OCH3 is 1. The van der Waals surface area contributed by atoms with Crippen molar-refractivity contribution in [2.45, 2.75) is 0 Å². The quantitative estimate of drug-likeness (QED) is 0.590. The Kier molecular flexibility index (Phi) is 3.53. The number of aromatic hydroxyl groups is 1. The largest absolute Gasteiger partial charge is 0.508 e. The highest BCUT2D eigenvalue weighted by molar-refractivity contribution is 7.21. The summed E-state index contributed by atoms with van der Waals surface area (Å²) in [5, 5.41) is 18.5. The van der Waals surface area contributed by atoms with Gasteiger partial charge in [-0.3, -0.25) is 0 Å². The first-order valence-electron chi connectivity index (χ1n) is 6.35. The second-order valence-corrected chi connectivity index (χ2v) is 5.50. The number of ether oxygens (including phenoxy) is 1. The van der Waals surface area contributed by atoms with Gasteiger partial charge in [-0.2, -0.15) is 0 Å². The molecule has 0 atom stereocenters. The second kappa shape index (κ2) is 5.49. The SMILES string of the molecule is COc1ccc2c(c1)sc(N=Nc1ccc(O)cc1)[n+]2C. The van der Waals surface area contributed by atoms with Gasteiger partial charge >= 0.3 is 5.13 Å². The molecule has 0 saturated heterocycles. The molecule has 0 saturated carbocycles. The van der Waals surface area contributed by atoms with Crippen molar-refractivity contribution in [1.82, 2.24) is 0 Å². The maximum absolute atomic E-state index is 9.24. The summed E-state index contributed by atoms with van der Waals surface area (Å²) in [4.78, 5) is 0. The van der Waals surface area contributed by atoms with Crippen LogP contribution < -0.4 is 9.30 Å². The lowest BCUT2D eigenvalue weighted by Crippen LogP contribution is -2.25. The number of phenolic OH excluding ortho intramolecular Hbond substituents is 1. The van der Waals surface area contributed by atoms with Crippen molar-refractivity contribution >= 4 is 32.4 Å². The van der Waals surface area contributed by atoms with Gasteiger partial charge in [-0.1, -0.05) is 0 Å². The Hall–Kier alpha value is -2.47. The monoisotopic (exact) mass is 300 g/mol.